The van der Waals surface area contributed by atoms with Gasteiger partial charge in [0.2, 0.25) is 13.7 Å². The molecule has 4 nitrogen and oxygen atoms in total. The minimum absolute atomic E-state index is 0.0552. The fourth-order valence-corrected chi connectivity index (χ4v) is 4.54. The minimum Gasteiger partial charge on any atom is -0.493 e. The van der Waals surface area contributed by atoms with Gasteiger partial charge in [-0.25, -0.2) is 0 Å². The number of carbonyl (C=O) groups is 1. The van der Waals surface area contributed by atoms with Crippen molar-refractivity contribution in [2.24, 2.45) is 0 Å². The van der Waals surface area contributed by atoms with E-state index in [9.17, 15) is 9.59 Å². The van der Waals surface area contributed by atoms with Crippen LogP contribution >= 0.6 is 11.3 Å². The summed E-state index contributed by atoms with van der Waals surface area (Å²) in [7, 11) is 4.94. The molecule has 0 amide bonds. The molecule has 27 heavy (non-hydrogen) atoms. The molecule has 0 saturated heterocycles. The van der Waals surface area contributed by atoms with Crippen LogP contribution < -0.4 is 10.2 Å². The summed E-state index contributed by atoms with van der Waals surface area (Å²) in [5.41, 5.74) is 3.07. The standard InChI is InChI=1S/C21H21BO4S/c1-12-13(2)20-17(18(23)15-8-4-5-9-16(15)27-20)14(3)19(12)25-10-6-7-11-26-21(22)24/h4-5,8-9H,6-7,10-11H2,1-3H3. The molecule has 1 aromatic heterocycles. The number of aryl methyl sites for hydroxylation is 2. The molecule has 2 radical (unpaired) electrons. The van der Waals surface area contributed by atoms with Gasteiger partial charge in [-0.2, -0.15) is 0 Å². The summed E-state index contributed by atoms with van der Waals surface area (Å²) < 4.78 is 12.8. The van der Waals surface area contributed by atoms with Crippen molar-refractivity contribution in [1.82, 2.24) is 0 Å². The van der Waals surface area contributed by atoms with Crippen molar-refractivity contribution in [2.45, 2.75) is 33.6 Å². The van der Waals surface area contributed by atoms with Gasteiger partial charge < -0.3 is 9.47 Å². The van der Waals surface area contributed by atoms with E-state index in [-0.39, 0.29) is 12.0 Å². The molecule has 6 heteroatoms. The summed E-state index contributed by atoms with van der Waals surface area (Å²) >= 11 is 1.65. The van der Waals surface area contributed by atoms with Crippen molar-refractivity contribution in [2.75, 3.05) is 13.2 Å². The van der Waals surface area contributed by atoms with E-state index in [1.54, 1.807) is 11.3 Å². The van der Waals surface area contributed by atoms with Crippen molar-refractivity contribution in [3.05, 3.63) is 51.2 Å². The molecule has 0 bridgehead atoms. The quantitative estimate of drug-likeness (QED) is 0.350. The predicted molar refractivity (Wildman–Crippen MR) is 112 cm³/mol. The minimum atomic E-state index is -0.760. The first-order valence-electron chi connectivity index (χ1n) is 8.92. The largest absolute Gasteiger partial charge is 0.493 e. The molecule has 0 atom stereocenters. The highest BCUT2D eigenvalue weighted by molar-refractivity contribution is 7.24. The first-order valence-corrected chi connectivity index (χ1v) is 9.73. The average Bonchev–Trinajstić information content (AvgIpc) is 2.64. The van der Waals surface area contributed by atoms with Crippen LogP contribution in [0.2, 0.25) is 0 Å². The number of hydrogen-bond donors (Lipinski definition) is 0. The van der Waals surface area contributed by atoms with Crippen LogP contribution in [-0.2, 0) is 4.74 Å². The van der Waals surface area contributed by atoms with Gasteiger partial charge in [0.05, 0.1) is 13.2 Å². The van der Waals surface area contributed by atoms with Crippen LogP contribution in [0.3, 0.4) is 0 Å². The number of hydrogen-bond acceptors (Lipinski definition) is 5. The molecule has 1 heterocycles. The first kappa shape index (κ1) is 19.4. The summed E-state index contributed by atoms with van der Waals surface area (Å²) in [5.74, 6) is 0.0135. The highest BCUT2D eigenvalue weighted by Crippen LogP contribution is 2.37. The molecule has 0 N–H and O–H groups in total. The van der Waals surface area contributed by atoms with Gasteiger partial charge in [-0.15, -0.1) is 11.3 Å². The second-order valence-electron chi connectivity index (χ2n) is 6.56. The Labute approximate surface area is 163 Å². The number of rotatable bonds is 6. The maximum atomic E-state index is 13.1. The highest BCUT2D eigenvalue weighted by Gasteiger charge is 2.17. The van der Waals surface area contributed by atoms with Crippen molar-refractivity contribution >= 4 is 45.2 Å². The second kappa shape index (κ2) is 8.13. The van der Waals surface area contributed by atoms with Gasteiger partial charge in [0.1, 0.15) is 5.75 Å². The molecule has 3 rings (SSSR count). The second-order valence-corrected chi connectivity index (χ2v) is 7.61. The predicted octanol–water partition coefficient (Wildman–Crippen LogP) is 4.80. The average molecular weight is 380 g/mol. The third kappa shape index (κ3) is 3.86. The molecule has 0 unspecified atom stereocenters. The van der Waals surface area contributed by atoms with E-state index in [1.165, 1.54) is 0 Å². The Morgan fingerprint density at radius 3 is 2.48 bits per heavy atom. The van der Waals surface area contributed by atoms with Crippen LogP contribution in [0, 0.1) is 20.8 Å². The van der Waals surface area contributed by atoms with Crippen molar-refractivity contribution < 1.29 is 14.3 Å². The van der Waals surface area contributed by atoms with E-state index in [0.717, 1.165) is 49.0 Å². The molecular weight excluding hydrogens is 359 g/mol. The molecule has 0 aliphatic heterocycles. The maximum absolute atomic E-state index is 13.1. The van der Waals surface area contributed by atoms with Crippen LogP contribution in [-0.4, -0.2) is 26.9 Å². The number of benzene rings is 2. The fraction of sp³-hybridized carbons (Fsp3) is 0.333. The summed E-state index contributed by atoms with van der Waals surface area (Å²) in [6.45, 7) is 6.78. The van der Waals surface area contributed by atoms with Crippen LogP contribution in [0.4, 0.5) is 4.79 Å². The van der Waals surface area contributed by atoms with E-state index in [1.807, 2.05) is 45.0 Å². The summed E-state index contributed by atoms with van der Waals surface area (Å²) in [5, 5.41) is 1.49. The Balaban J connectivity index is 1.95. The highest BCUT2D eigenvalue weighted by atomic mass is 32.1. The molecule has 0 saturated carbocycles. The van der Waals surface area contributed by atoms with Gasteiger partial charge in [-0.3, -0.25) is 9.59 Å². The Bertz CT molecular complexity index is 1070. The summed E-state index contributed by atoms with van der Waals surface area (Å²) in [6, 6.07) is 7.72. The van der Waals surface area contributed by atoms with Crippen LogP contribution in [0.1, 0.15) is 29.5 Å². The number of unbranched alkanes of at least 4 members (excludes halogenated alkanes) is 1. The summed E-state index contributed by atoms with van der Waals surface area (Å²) in [6.07, 6.45) is 1.40. The number of carbonyl (C=O) groups excluding carboxylic acids is 1. The molecule has 0 aliphatic rings. The van der Waals surface area contributed by atoms with E-state index in [4.69, 9.17) is 17.3 Å². The summed E-state index contributed by atoms with van der Waals surface area (Å²) in [4.78, 5) is 23.7. The normalized spacial score (nSPS) is 11.1. The van der Waals surface area contributed by atoms with E-state index < -0.39 is 5.87 Å². The number of fused-ring (bicyclic) bond motifs is 2. The lowest BCUT2D eigenvalue weighted by atomic mass is 10.00. The van der Waals surface area contributed by atoms with Gasteiger partial charge >= 0.3 is 0 Å². The van der Waals surface area contributed by atoms with E-state index in [0.29, 0.717) is 13.0 Å². The lowest BCUT2D eigenvalue weighted by Gasteiger charge is -2.17. The maximum Gasteiger partial charge on any atom is 0.235 e. The molecule has 0 aliphatic carbocycles. The SMILES string of the molecule is [B]C(=O)OCCCCOc1c(C)c(C)c2sc3ccccc3c(=O)c2c1C. The Kier molecular flexibility index (Phi) is 5.85. The third-order valence-electron chi connectivity index (χ3n) is 4.79. The molecule has 2 aromatic carbocycles. The third-order valence-corrected chi connectivity index (χ3v) is 6.08. The van der Waals surface area contributed by atoms with Crippen LogP contribution in [0.5, 0.6) is 5.75 Å². The molecule has 0 fully saturated rings. The fourth-order valence-electron chi connectivity index (χ4n) is 3.25. The lowest BCUT2D eigenvalue weighted by Crippen LogP contribution is -2.09. The Morgan fingerprint density at radius 1 is 1.04 bits per heavy atom. The van der Waals surface area contributed by atoms with Crippen LogP contribution in [0.25, 0.3) is 20.2 Å². The Morgan fingerprint density at radius 2 is 1.74 bits per heavy atom. The van der Waals surface area contributed by atoms with E-state index >= 15 is 0 Å². The zero-order chi connectivity index (χ0) is 19.6. The van der Waals surface area contributed by atoms with Crippen molar-refractivity contribution in [1.29, 1.82) is 0 Å². The topological polar surface area (TPSA) is 52.6 Å². The number of ether oxygens (including phenoxy) is 2. The molecule has 3 aromatic rings. The zero-order valence-electron chi connectivity index (χ0n) is 15.8. The van der Waals surface area contributed by atoms with Gasteiger partial charge in [0, 0.05) is 25.7 Å². The molecule has 0 spiro atoms. The zero-order valence-corrected chi connectivity index (χ0v) is 16.6. The van der Waals surface area contributed by atoms with Gasteiger partial charge in [-0.1, -0.05) is 12.1 Å². The molecule has 138 valence electrons. The smallest absolute Gasteiger partial charge is 0.235 e. The van der Waals surface area contributed by atoms with Crippen molar-refractivity contribution in [3.8, 4) is 5.75 Å². The van der Waals surface area contributed by atoms with Crippen LogP contribution in [0.15, 0.2) is 29.1 Å². The van der Waals surface area contributed by atoms with Gasteiger partial charge in [0.25, 0.3) is 0 Å². The van der Waals surface area contributed by atoms with Gasteiger partial charge in [-0.05, 0) is 56.9 Å². The molecular formula is C21H21BO4S. The first-order chi connectivity index (χ1) is 12.9. The monoisotopic (exact) mass is 380 g/mol. The van der Waals surface area contributed by atoms with Crippen molar-refractivity contribution in [3.63, 3.8) is 0 Å². The van der Waals surface area contributed by atoms with E-state index in [2.05, 4.69) is 0 Å². The van der Waals surface area contributed by atoms with Gasteiger partial charge in [0.15, 0.2) is 5.43 Å². The lowest BCUT2D eigenvalue weighted by molar-refractivity contribution is 0.167. The Hall–Kier alpha value is -2.34.